The molecule has 0 unspecified atom stereocenters. The zero-order chi connectivity index (χ0) is 28.5. The molecule has 0 N–H and O–H groups in total. The van der Waals surface area contributed by atoms with E-state index < -0.39 is 5.97 Å². The van der Waals surface area contributed by atoms with Crippen molar-refractivity contribution in [1.82, 2.24) is 0 Å². The van der Waals surface area contributed by atoms with E-state index in [1.165, 1.54) is 6.08 Å². The van der Waals surface area contributed by atoms with E-state index in [0.717, 1.165) is 33.4 Å². The highest BCUT2D eigenvalue weighted by Gasteiger charge is 2.11. The minimum Gasteiger partial charge on any atom is -0.459 e. The fourth-order valence-corrected chi connectivity index (χ4v) is 4.15. The molecule has 4 heteroatoms. The minimum absolute atomic E-state index is 0.0504. The summed E-state index contributed by atoms with van der Waals surface area (Å²) in [5, 5.41) is 9.57. The number of nitrogens with zero attached hydrogens (tertiary/aromatic N) is 1. The number of benzene rings is 4. The molecule has 0 fully saturated rings. The van der Waals surface area contributed by atoms with E-state index in [-0.39, 0.29) is 18.8 Å². The third kappa shape index (κ3) is 8.90. The van der Waals surface area contributed by atoms with Gasteiger partial charge in [-0.05, 0) is 39.5 Å². The number of carbonyl (C=O) groups is 1. The maximum absolute atomic E-state index is 12.5. The molecule has 0 bridgehead atoms. The largest absolute Gasteiger partial charge is 0.459 e. The number of rotatable bonds is 12. The van der Waals surface area contributed by atoms with Crippen molar-refractivity contribution in [2.75, 3.05) is 19.8 Å². The van der Waals surface area contributed by atoms with Crippen LogP contribution >= 0.6 is 0 Å². The van der Waals surface area contributed by atoms with Gasteiger partial charge in [0.2, 0.25) is 0 Å². The second-order valence-electron chi connectivity index (χ2n) is 8.96. The Bertz CT molecular complexity index is 1460. The zero-order valence-corrected chi connectivity index (χ0v) is 22.7. The van der Waals surface area contributed by atoms with Gasteiger partial charge in [0.25, 0.3) is 0 Å². The highest BCUT2D eigenvalue weighted by atomic mass is 16.6. The first-order chi connectivity index (χ1) is 20.3. The van der Waals surface area contributed by atoms with Crippen molar-refractivity contribution in [3.8, 4) is 6.07 Å². The average molecular weight is 538 g/mol. The molecule has 4 aromatic carbocycles. The summed E-state index contributed by atoms with van der Waals surface area (Å²) in [7, 11) is 0. The quantitative estimate of drug-likeness (QED) is 0.0608. The maximum atomic E-state index is 12.5. The molecule has 4 aromatic rings. The maximum Gasteiger partial charge on any atom is 0.348 e. The summed E-state index contributed by atoms with van der Waals surface area (Å²) >= 11 is 0. The first kappa shape index (κ1) is 28.8. The molecule has 0 heterocycles. The Labute approximate surface area is 241 Å². The SMILES string of the molecule is N#C/C(=C/C=C(c1ccccc1)c1ccccc1)C(=O)OCCOC/C=C\C=C(c1ccccc1)c1ccccc1. The van der Waals surface area contributed by atoms with Gasteiger partial charge in [0.1, 0.15) is 18.2 Å². The summed E-state index contributed by atoms with van der Waals surface area (Å²) in [5.41, 5.74) is 6.17. The molecule has 0 aliphatic rings. The highest BCUT2D eigenvalue weighted by Crippen LogP contribution is 2.24. The monoisotopic (exact) mass is 537 g/mol. The molecule has 0 saturated carbocycles. The van der Waals surface area contributed by atoms with Crippen LogP contribution in [0.2, 0.25) is 0 Å². The van der Waals surface area contributed by atoms with E-state index in [9.17, 15) is 10.1 Å². The van der Waals surface area contributed by atoms with Crippen LogP contribution in [-0.4, -0.2) is 25.8 Å². The van der Waals surface area contributed by atoms with Crippen molar-refractivity contribution in [3.05, 3.63) is 180 Å². The van der Waals surface area contributed by atoms with E-state index in [4.69, 9.17) is 9.47 Å². The molecule has 4 nitrogen and oxygen atoms in total. The van der Waals surface area contributed by atoms with E-state index in [1.54, 1.807) is 6.08 Å². The number of ether oxygens (including phenoxy) is 2. The molecule has 0 radical (unpaired) electrons. The highest BCUT2D eigenvalue weighted by molar-refractivity contribution is 5.94. The van der Waals surface area contributed by atoms with Crippen molar-refractivity contribution in [1.29, 1.82) is 5.26 Å². The van der Waals surface area contributed by atoms with Crippen LogP contribution in [0.1, 0.15) is 22.3 Å². The predicted molar refractivity (Wildman–Crippen MR) is 165 cm³/mol. The Morgan fingerprint density at radius 2 is 1.05 bits per heavy atom. The summed E-state index contributed by atoms with van der Waals surface area (Å²) in [5.74, 6) is -0.679. The Hall–Kier alpha value is -5.24. The van der Waals surface area contributed by atoms with Crippen LogP contribution in [0.3, 0.4) is 0 Å². The number of hydrogen-bond donors (Lipinski definition) is 0. The van der Waals surface area contributed by atoms with Crippen molar-refractivity contribution >= 4 is 17.1 Å². The lowest BCUT2D eigenvalue weighted by Gasteiger charge is -2.08. The van der Waals surface area contributed by atoms with Crippen molar-refractivity contribution in [2.24, 2.45) is 0 Å². The zero-order valence-electron chi connectivity index (χ0n) is 22.7. The first-order valence-corrected chi connectivity index (χ1v) is 13.4. The van der Waals surface area contributed by atoms with Crippen LogP contribution in [0.4, 0.5) is 0 Å². The molecule has 0 aromatic heterocycles. The summed E-state index contributed by atoms with van der Waals surface area (Å²) in [6.07, 6.45) is 9.21. The summed E-state index contributed by atoms with van der Waals surface area (Å²) in [4.78, 5) is 12.5. The molecule has 0 aliphatic heterocycles. The molecule has 4 rings (SSSR count). The topological polar surface area (TPSA) is 59.3 Å². The van der Waals surface area contributed by atoms with Crippen LogP contribution in [0.15, 0.2) is 157 Å². The Balaban J connectivity index is 1.30. The van der Waals surface area contributed by atoms with E-state index in [2.05, 4.69) is 30.3 Å². The second kappa shape index (κ2) is 16.0. The fourth-order valence-electron chi connectivity index (χ4n) is 4.15. The van der Waals surface area contributed by atoms with Gasteiger partial charge in [0.15, 0.2) is 0 Å². The van der Waals surface area contributed by atoms with Gasteiger partial charge in [-0.3, -0.25) is 0 Å². The predicted octanol–water partition coefficient (Wildman–Crippen LogP) is 7.82. The van der Waals surface area contributed by atoms with Gasteiger partial charge in [-0.2, -0.15) is 5.26 Å². The second-order valence-corrected chi connectivity index (χ2v) is 8.96. The lowest BCUT2D eigenvalue weighted by molar-refractivity contribution is -0.139. The van der Waals surface area contributed by atoms with Gasteiger partial charge in [-0.15, -0.1) is 0 Å². The smallest absolute Gasteiger partial charge is 0.348 e. The Kier molecular flexibility index (Phi) is 11.2. The Morgan fingerprint density at radius 1 is 0.610 bits per heavy atom. The van der Waals surface area contributed by atoms with Crippen LogP contribution in [0, 0.1) is 11.3 Å². The summed E-state index contributed by atoms with van der Waals surface area (Å²) in [6, 6.07) is 42.0. The lowest BCUT2D eigenvalue weighted by Crippen LogP contribution is -2.12. The van der Waals surface area contributed by atoms with Crippen molar-refractivity contribution in [3.63, 3.8) is 0 Å². The number of allylic oxidation sites excluding steroid dienone is 4. The molecule has 0 saturated heterocycles. The Morgan fingerprint density at radius 3 is 1.49 bits per heavy atom. The normalized spacial score (nSPS) is 11.0. The molecule has 0 amide bonds. The van der Waals surface area contributed by atoms with E-state index >= 15 is 0 Å². The van der Waals surface area contributed by atoms with Gasteiger partial charge < -0.3 is 9.47 Å². The van der Waals surface area contributed by atoms with E-state index in [0.29, 0.717) is 6.61 Å². The van der Waals surface area contributed by atoms with Crippen LogP contribution < -0.4 is 0 Å². The number of hydrogen-bond acceptors (Lipinski definition) is 4. The van der Waals surface area contributed by atoms with Gasteiger partial charge in [-0.1, -0.05) is 146 Å². The van der Waals surface area contributed by atoms with Crippen LogP contribution in [-0.2, 0) is 14.3 Å². The van der Waals surface area contributed by atoms with Crippen molar-refractivity contribution < 1.29 is 14.3 Å². The van der Waals surface area contributed by atoms with E-state index in [1.807, 2.05) is 115 Å². The summed E-state index contributed by atoms with van der Waals surface area (Å²) in [6.45, 7) is 0.638. The van der Waals surface area contributed by atoms with Gasteiger partial charge in [-0.25, -0.2) is 4.79 Å². The number of carbonyl (C=O) groups excluding carboxylic acids is 1. The van der Waals surface area contributed by atoms with Crippen molar-refractivity contribution in [2.45, 2.75) is 0 Å². The molecular formula is C37H31NO3. The standard InChI is InChI=1S/C37H31NO3/c38-29-34(24-25-36(32-19-9-3-10-20-32)33-21-11-4-12-22-33)37(39)41-28-27-40-26-14-13-23-35(30-15-5-1-6-16-30)31-17-7-2-8-18-31/h1-25H,26-28H2/b14-13-,34-24-. The third-order valence-corrected chi connectivity index (χ3v) is 6.17. The van der Waals surface area contributed by atoms with Gasteiger partial charge in [0, 0.05) is 0 Å². The average Bonchev–Trinajstić information content (AvgIpc) is 3.04. The number of esters is 1. The number of nitriles is 1. The molecule has 0 spiro atoms. The van der Waals surface area contributed by atoms with Crippen LogP contribution in [0.25, 0.3) is 11.1 Å². The molecule has 202 valence electrons. The lowest BCUT2D eigenvalue weighted by atomic mass is 9.97. The first-order valence-electron chi connectivity index (χ1n) is 13.4. The molecule has 0 aliphatic carbocycles. The fraction of sp³-hybridized carbons (Fsp3) is 0.0811. The van der Waals surface area contributed by atoms with Gasteiger partial charge >= 0.3 is 5.97 Å². The molecule has 41 heavy (non-hydrogen) atoms. The molecule has 0 atom stereocenters. The molecular weight excluding hydrogens is 506 g/mol. The summed E-state index contributed by atoms with van der Waals surface area (Å²) < 4.78 is 10.9. The minimum atomic E-state index is -0.679. The van der Waals surface area contributed by atoms with Gasteiger partial charge in [0.05, 0.1) is 13.2 Å². The van der Waals surface area contributed by atoms with Crippen LogP contribution in [0.5, 0.6) is 0 Å². The third-order valence-electron chi connectivity index (χ3n) is 6.17.